The van der Waals surface area contributed by atoms with Crippen LogP contribution >= 0.6 is 11.5 Å². The number of aliphatic hydroxyl groups excluding tert-OH is 1. The molecule has 0 saturated carbocycles. The highest BCUT2D eigenvalue weighted by atomic mass is 32.1. The molecular weight excluding hydrogens is 292 g/mol. The number of amides is 1. The summed E-state index contributed by atoms with van der Waals surface area (Å²) in [7, 11) is 0. The molecule has 1 fully saturated rings. The van der Waals surface area contributed by atoms with Crippen molar-refractivity contribution in [1.82, 2.24) is 9.69 Å². The van der Waals surface area contributed by atoms with Crippen molar-refractivity contribution in [2.75, 3.05) is 30.3 Å². The van der Waals surface area contributed by atoms with Gasteiger partial charge in [0.05, 0.1) is 18.8 Å². The van der Waals surface area contributed by atoms with Crippen molar-refractivity contribution in [2.24, 2.45) is 0 Å². The third kappa shape index (κ3) is 3.63. The Bertz CT molecular complexity index is 506. The van der Waals surface area contributed by atoms with Gasteiger partial charge in [-0.1, -0.05) is 0 Å². The molecule has 0 bridgehead atoms. The van der Waals surface area contributed by atoms with Crippen LogP contribution in [0.5, 0.6) is 0 Å². The van der Waals surface area contributed by atoms with Crippen LogP contribution in [-0.4, -0.2) is 53.3 Å². The van der Waals surface area contributed by atoms with Gasteiger partial charge in [-0.2, -0.15) is 4.37 Å². The van der Waals surface area contributed by atoms with Crippen molar-refractivity contribution in [2.45, 2.75) is 39.0 Å². The van der Waals surface area contributed by atoms with Crippen LogP contribution in [0.1, 0.15) is 31.1 Å². The Kier molecular flexibility index (Phi) is 5.02. The molecule has 118 valence electrons. The van der Waals surface area contributed by atoms with Crippen LogP contribution in [0.4, 0.5) is 10.8 Å². The summed E-state index contributed by atoms with van der Waals surface area (Å²) in [6.07, 6.45) is -0.293. The van der Waals surface area contributed by atoms with Crippen molar-refractivity contribution in [3.8, 4) is 0 Å². The number of anilines is 2. The Morgan fingerprint density at radius 2 is 2.33 bits per heavy atom. The first-order valence-electron chi connectivity index (χ1n) is 6.99. The average molecular weight is 314 g/mol. The summed E-state index contributed by atoms with van der Waals surface area (Å²) in [5.74, 6) is 0.0267. The highest BCUT2D eigenvalue weighted by Gasteiger charge is 2.30. The van der Waals surface area contributed by atoms with Gasteiger partial charge in [0.25, 0.3) is 5.91 Å². The molecule has 7 nitrogen and oxygen atoms in total. The summed E-state index contributed by atoms with van der Waals surface area (Å²) in [5.41, 5.74) is 6.27. The van der Waals surface area contributed by atoms with Gasteiger partial charge in [0.15, 0.2) is 5.82 Å². The number of hydrogen-bond acceptors (Lipinski definition) is 7. The minimum Gasteiger partial charge on any atom is -0.394 e. The van der Waals surface area contributed by atoms with E-state index in [1.165, 1.54) is 11.5 Å². The second kappa shape index (κ2) is 6.59. The smallest absolute Gasteiger partial charge is 0.258 e. The molecule has 0 aliphatic carbocycles. The fourth-order valence-corrected chi connectivity index (χ4v) is 3.20. The third-order valence-corrected chi connectivity index (χ3v) is 4.09. The first-order valence-corrected chi connectivity index (χ1v) is 7.77. The molecule has 1 aliphatic rings. The lowest BCUT2D eigenvalue weighted by atomic mass is 10.2. The van der Waals surface area contributed by atoms with Gasteiger partial charge in [0.2, 0.25) is 0 Å². The Hall–Kier alpha value is -1.38. The fourth-order valence-electron chi connectivity index (χ4n) is 2.37. The van der Waals surface area contributed by atoms with Crippen molar-refractivity contribution in [1.29, 1.82) is 0 Å². The predicted octanol–water partition coefficient (Wildman–Crippen LogP) is 0.449. The van der Waals surface area contributed by atoms with Gasteiger partial charge < -0.3 is 25.8 Å². The van der Waals surface area contributed by atoms with Crippen molar-refractivity contribution < 1.29 is 14.6 Å². The van der Waals surface area contributed by atoms with E-state index in [2.05, 4.69) is 9.69 Å². The number of aliphatic hydroxyl groups is 1. The summed E-state index contributed by atoms with van der Waals surface area (Å²) in [6.45, 7) is 6.83. The maximum Gasteiger partial charge on any atom is 0.258 e. The van der Waals surface area contributed by atoms with Gasteiger partial charge in [-0.05, 0) is 32.3 Å². The van der Waals surface area contributed by atoms with Crippen LogP contribution in [0.25, 0.3) is 0 Å². The van der Waals surface area contributed by atoms with Gasteiger partial charge in [0.1, 0.15) is 10.6 Å². The molecule has 1 saturated heterocycles. The highest BCUT2D eigenvalue weighted by molar-refractivity contribution is 7.11. The maximum atomic E-state index is 12.3. The number of carbonyl (C=O) groups excluding carboxylic acids is 1. The minimum absolute atomic E-state index is 0.0263. The Morgan fingerprint density at radius 1 is 1.62 bits per heavy atom. The van der Waals surface area contributed by atoms with Crippen LogP contribution < -0.4 is 16.0 Å². The number of rotatable bonds is 4. The molecule has 8 heteroatoms. The van der Waals surface area contributed by atoms with Gasteiger partial charge in [-0.15, -0.1) is 0 Å². The molecule has 2 rings (SSSR count). The zero-order valence-electron chi connectivity index (χ0n) is 12.5. The van der Waals surface area contributed by atoms with E-state index >= 15 is 0 Å². The van der Waals surface area contributed by atoms with E-state index < -0.39 is 0 Å². The molecule has 0 spiro atoms. The summed E-state index contributed by atoms with van der Waals surface area (Å²) in [5, 5.41) is 12.9. The summed E-state index contributed by atoms with van der Waals surface area (Å²) >= 11 is 1.21. The monoisotopic (exact) mass is 314 g/mol. The molecule has 1 amide bonds. The lowest BCUT2D eigenvalue weighted by Gasteiger charge is -2.36. The molecule has 2 unspecified atom stereocenters. The zero-order chi connectivity index (χ0) is 15.6. The molecule has 1 aromatic rings. The van der Waals surface area contributed by atoms with Crippen molar-refractivity contribution in [3.63, 3.8) is 0 Å². The molecule has 0 radical (unpaired) electrons. The van der Waals surface area contributed by atoms with Crippen molar-refractivity contribution >= 4 is 28.3 Å². The lowest BCUT2D eigenvalue weighted by molar-refractivity contribution is -0.0419. The first-order chi connectivity index (χ1) is 9.92. The zero-order valence-corrected chi connectivity index (χ0v) is 13.3. The standard InChI is InChI=1S/C13H22N4O3S/c1-7(2)15-12(19)10-11(14)16-21-13(10)17-4-8(3)20-9(5-17)6-18/h7-9,18H,4-6H2,1-3H3,(H2,14,16)(H,15,19). The first kappa shape index (κ1) is 16.0. The number of hydrogen-bond donors (Lipinski definition) is 3. The van der Waals surface area contributed by atoms with Gasteiger partial charge >= 0.3 is 0 Å². The van der Waals surface area contributed by atoms with E-state index in [9.17, 15) is 9.90 Å². The van der Waals surface area contributed by atoms with E-state index in [0.717, 1.165) is 5.00 Å². The van der Waals surface area contributed by atoms with Crippen LogP contribution in [-0.2, 0) is 4.74 Å². The number of nitrogens with two attached hydrogens (primary N) is 1. The highest BCUT2D eigenvalue weighted by Crippen LogP contribution is 2.32. The minimum atomic E-state index is -0.266. The molecule has 4 N–H and O–H groups in total. The number of nitrogen functional groups attached to an aromatic ring is 1. The van der Waals surface area contributed by atoms with Gasteiger partial charge in [0, 0.05) is 19.1 Å². The number of morpholine rings is 1. The largest absolute Gasteiger partial charge is 0.394 e. The molecule has 21 heavy (non-hydrogen) atoms. The predicted molar refractivity (Wildman–Crippen MR) is 82.8 cm³/mol. The topological polar surface area (TPSA) is 101 Å². The number of nitrogens with one attached hydrogen (secondary N) is 1. The summed E-state index contributed by atoms with van der Waals surface area (Å²) in [4.78, 5) is 14.3. The average Bonchev–Trinajstić information content (AvgIpc) is 2.79. The molecule has 2 atom stereocenters. The number of carbonyl (C=O) groups is 1. The Labute approximate surface area is 128 Å². The van der Waals surface area contributed by atoms with Crippen LogP contribution in [0.15, 0.2) is 0 Å². The van der Waals surface area contributed by atoms with Gasteiger partial charge in [-0.3, -0.25) is 4.79 Å². The molecule has 1 aromatic heterocycles. The van der Waals surface area contributed by atoms with Crippen LogP contribution in [0, 0.1) is 0 Å². The SMILES string of the molecule is CC(C)NC(=O)c1c(N)nsc1N1CC(C)OC(CO)C1. The fraction of sp³-hybridized carbons (Fsp3) is 0.692. The molecule has 2 heterocycles. The number of ether oxygens (including phenoxy) is 1. The molecule has 0 aromatic carbocycles. The van der Waals surface area contributed by atoms with E-state index in [1.807, 2.05) is 25.7 Å². The lowest BCUT2D eigenvalue weighted by Crippen LogP contribution is -2.48. The quantitative estimate of drug-likeness (QED) is 0.746. The van der Waals surface area contributed by atoms with Crippen molar-refractivity contribution in [3.05, 3.63) is 5.56 Å². The molecular formula is C13H22N4O3S. The van der Waals surface area contributed by atoms with Gasteiger partial charge in [-0.25, -0.2) is 0 Å². The van der Waals surface area contributed by atoms with E-state index in [1.54, 1.807) is 0 Å². The summed E-state index contributed by atoms with van der Waals surface area (Å²) < 4.78 is 9.73. The van der Waals surface area contributed by atoms with E-state index in [0.29, 0.717) is 18.7 Å². The van der Waals surface area contributed by atoms with Crippen LogP contribution in [0.2, 0.25) is 0 Å². The van der Waals surface area contributed by atoms with Crippen LogP contribution in [0.3, 0.4) is 0 Å². The number of aromatic nitrogens is 1. The normalized spacial score (nSPS) is 22.6. The maximum absolute atomic E-state index is 12.3. The summed E-state index contributed by atoms with van der Waals surface area (Å²) in [6, 6.07) is 0.0263. The second-order valence-electron chi connectivity index (χ2n) is 5.53. The van der Waals surface area contributed by atoms with E-state index in [-0.39, 0.29) is 36.6 Å². The molecule has 1 aliphatic heterocycles. The Morgan fingerprint density at radius 3 is 2.95 bits per heavy atom. The second-order valence-corrected chi connectivity index (χ2v) is 6.28. The number of nitrogens with zero attached hydrogens (tertiary/aromatic N) is 2. The van der Waals surface area contributed by atoms with E-state index in [4.69, 9.17) is 10.5 Å². The Balaban J connectivity index is 2.25. The third-order valence-electron chi connectivity index (χ3n) is 3.16.